The molecule has 4 nitrogen and oxygen atoms in total. The summed E-state index contributed by atoms with van der Waals surface area (Å²) in [5, 5.41) is 0. The standard InChI is InChI=1S/C15H21NO3/c1-5-16(11-13(17)19-4)14(18)15(2,3)12-9-7-6-8-10-12/h6-10H,5,11H2,1-4H3. The molecular weight excluding hydrogens is 242 g/mol. The van der Waals surface area contributed by atoms with Gasteiger partial charge in [0.1, 0.15) is 6.54 Å². The van der Waals surface area contributed by atoms with Crippen LogP contribution < -0.4 is 0 Å². The first-order valence-corrected chi connectivity index (χ1v) is 6.35. The van der Waals surface area contributed by atoms with Crippen LogP contribution in [0, 0.1) is 0 Å². The minimum absolute atomic E-state index is 0.0118. The molecule has 4 heteroatoms. The zero-order valence-corrected chi connectivity index (χ0v) is 12.0. The molecule has 0 atom stereocenters. The molecule has 0 radical (unpaired) electrons. The minimum atomic E-state index is -0.661. The monoisotopic (exact) mass is 263 g/mol. The van der Waals surface area contributed by atoms with Gasteiger partial charge < -0.3 is 9.64 Å². The number of amides is 1. The lowest BCUT2D eigenvalue weighted by Gasteiger charge is -2.31. The fraction of sp³-hybridized carbons (Fsp3) is 0.467. The summed E-state index contributed by atoms with van der Waals surface area (Å²) in [6.07, 6.45) is 0. The molecule has 104 valence electrons. The Morgan fingerprint density at radius 2 is 1.79 bits per heavy atom. The van der Waals surface area contributed by atoms with Crippen molar-refractivity contribution in [3.8, 4) is 0 Å². The first-order valence-electron chi connectivity index (χ1n) is 6.35. The maximum Gasteiger partial charge on any atom is 0.325 e. The SMILES string of the molecule is CCN(CC(=O)OC)C(=O)C(C)(C)c1ccccc1. The number of carbonyl (C=O) groups is 2. The summed E-state index contributed by atoms with van der Waals surface area (Å²) in [4.78, 5) is 25.4. The van der Waals surface area contributed by atoms with Gasteiger partial charge in [-0.05, 0) is 26.3 Å². The van der Waals surface area contributed by atoms with Crippen LogP contribution in [0.5, 0.6) is 0 Å². The van der Waals surface area contributed by atoms with E-state index in [0.29, 0.717) is 6.54 Å². The summed E-state index contributed by atoms with van der Waals surface area (Å²) >= 11 is 0. The molecule has 0 heterocycles. The highest BCUT2D eigenvalue weighted by atomic mass is 16.5. The molecule has 0 unspecified atom stereocenters. The van der Waals surface area contributed by atoms with Crippen molar-refractivity contribution in [1.82, 2.24) is 4.90 Å². The van der Waals surface area contributed by atoms with Crippen LogP contribution >= 0.6 is 0 Å². The van der Waals surface area contributed by atoms with Crippen molar-refractivity contribution < 1.29 is 14.3 Å². The fourth-order valence-electron chi connectivity index (χ4n) is 1.92. The highest BCUT2D eigenvalue weighted by Crippen LogP contribution is 2.25. The summed E-state index contributed by atoms with van der Waals surface area (Å²) in [7, 11) is 1.32. The fourth-order valence-corrected chi connectivity index (χ4v) is 1.92. The second-order valence-electron chi connectivity index (χ2n) is 4.89. The molecule has 1 aromatic carbocycles. The molecule has 0 N–H and O–H groups in total. The minimum Gasteiger partial charge on any atom is -0.468 e. The van der Waals surface area contributed by atoms with Crippen molar-refractivity contribution in [3.63, 3.8) is 0 Å². The molecule has 19 heavy (non-hydrogen) atoms. The third kappa shape index (κ3) is 3.56. The van der Waals surface area contributed by atoms with Crippen LogP contribution in [0.3, 0.4) is 0 Å². The van der Waals surface area contributed by atoms with Crippen LogP contribution in [0.15, 0.2) is 30.3 Å². The molecule has 0 spiro atoms. The molecule has 0 aliphatic heterocycles. The van der Waals surface area contributed by atoms with Crippen LogP contribution in [0.1, 0.15) is 26.3 Å². The van der Waals surface area contributed by atoms with Gasteiger partial charge in [0.15, 0.2) is 0 Å². The maximum absolute atomic E-state index is 12.6. The predicted molar refractivity (Wildman–Crippen MR) is 73.7 cm³/mol. The lowest BCUT2D eigenvalue weighted by atomic mass is 9.83. The largest absolute Gasteiger partial charge is 0.468 e. The van der Waals surface area contributed by atoms with Crippen LogP contribution in [0.4, 0.5) is 0 Å². The van der Waals surface area contributed by atoms with E-state index in [9.17, 15) is 9.59 Å². The molecule has 0 aromatic heterocycles. The Morgan fingerprint density at radius 3 is 2.26 bits per heavy atom. The average Bonchev–Trinajstić information content (AvgIpc) is 2.44. The number of likely N-dealkylation sites (N-methyl/N-ethyl adjacent to an activating group) is 1. The Hall–Kier alpha value is -1.84. The first-order chi connectivity index (χ1) is 8.93. The van der Waals surface area contributed by atoms with Crippen LogP contribution in [-0.4, -0.2) is 37.0 Å². The number of methoxy groups -OCH3 is 1. The third-order valence-corrected chi connectivity index (χ3v) is 3.25. The Bertz CT molecular complexity index is 440. The van der Waals surface area contributed by atoms with Gasteiger partial charge in [-0.3, -0.25) is 9.59 Å². The van der Waals surface area contributed by atoms with E-state index >= 15 is 0 Å². The van der Waals surface area contributed by atoms with Crippen LogP contribution in [0.25, 0.3) is 0 Å². The van der Waals surface area contributed by atoms with Gasteiger partial charge in [-0.25, -0.2) is 0 Å². The van der Waals surface area contributed by atoms with Crippen molar-refractivity contribution in [2.24, 2.45) is 0 Å². The first kappa shape index (κ1) is 15.2. The van der Waals surface area contributed by atoms with E-state index < -0.39 is 11.4 Å². The highest BCUT2D eigenvalue weighted by Gasteiger charge is 2.33. The molecular formula is C15H21NO3. The average molecular weight is 263 g/mol. The Kier molecular flexibility index (Phi) is 5.10. The second kappa shape index (κ2) is 6.36. The zero-order chi connectivity index (χ0) is 14.5. The van der Waals surface area contributed by atoms with E-state index in [4.69, 9.17) is 0 Å². The number of rotatable bonds is 5. The Balaban J connectivity index is 2.93. The topological polar surface area (TPSA) is 46.6 Å². The summed E-state index contributed by atoms with van der Waals surface area (Å²) in [5.41, 5.74) is 0.272. The van der Waals surface area contributed by atoms with Crippen molar-refractivity contribution in [3.05, 3.63) is 35.9 Å². The van der Waals surface area contributed by atoms with E-state index in [1.807, 2.05) is 51.1 Å². The number of hydrogen-bond acceptors (Lipinski definition) is 3. The second-order valence-corrected chi connectivity index (χ2v) is 4.89. The van der Waals surface area contributed by atoms with Gasteiger partial charge in [-0.2, -0.15) is 0 Å². The van der Waals surface area contributed by atoms with Crippen LogP contribution in [0.2, 0.25) is 0 Å². The molecule has 0 bridgehead atoms. The number of ether oxygens (including phenoxy) is 1. The smallest absolute Gasteiger partial charge is 0.325 e. The predicted octanol–water partition coefficient (Wildman–Crippen LogP) is 1.99. The highest BCUT2D eigenvalue weighted by molar-refractivity contribution is 5.90. The van der Waals surface area contributed by atoms with Crippen molar-refractivity contribution in [1.29, 1.82) is 0 Å². The molecule has 0 saturated carbocycles. The van der Waals surface area contributed by atoms with Gasteiger partial charge >= 0.3 is 5.97 Å². The van der Waals surface area contributed by atoms with E-state index in [1.54, 1.807) is 0 Å². The molecule has 0 fully saturated rings. The number of benzene rings is 1. The number of carbonyl (C=O) groups excluding carboxylic acids is 2. The van der Waals surface area contributed by atoms with E-state index in [2.05, 4.69) is 4.74 Å². The maximum atomic E-state index is 12.6. The molecule has 1 amide bonds. The van der Waals surface area contributed by atoms with E-state index in [1.165, 1.54) is 12.0 Å². The Labute approximate surface area is 114 Å². The Morgan fingerprint density at radius 1 is 1.21 bits per heavy atom. The van der Waals surface area contributed by atoms with Crippen molar-refractivity contribution >= 4 is 11.9 Å². The molecule has 1 aromatic rings. The van der Waals surface area contributed by atoms with Crippen LogP contribution in [-0.2, 0) is 19.7 Å². The van der Waals surface area contributed by atoms with Gasteiger partial charge in [0, 0.05) is 6.54 Å². The summed E-state index contributed by atoms with van der Waals surface area (Å²) < 4.78 is 4.62. The zero-order valence-electron chi connectivity index (χ0n) is 12.0. The quantitative estimate of drug-likeness (QED) is 0.763. The van der Waals surface area contributed by atoms with Gasteiger partial charge in [0.2, 0.25) is 5.91 Å². The lowest BCUT2D eigenvalue weighted by Crippen LogP contribution is -2.45. The number of esters is 1. The summed E-state index contributed by atoms with van der Waals surface area (Å²) in [5.74, 6) is -0.481. The summed E-state index contributed by atoms with van der Waals surface area (Å²) in [6.45, 7) is 6.05. The van der Waals surface area contributed by atoms with Gasteiger partial charge in [-0.15, -0.1) is 0 Å². The third-order valence-electron chi connectivity index (χ3n) is 3.25. The molecule has 0 aliphatic carbocycles. The van der Waals surface area contributed by atoms with Gasteiger partial charge in [-0.1, -0.05) is 30.3 Å². The van der Waals surface area contributed by atoms with E-state index in [0.717, 1.165) is 5.56 Å². The summed E-state index contributed by atoms with van der Waals surface area (Å²) in [6, 6.07) is 9.56. The van der Waals surface area contributed by atoms with Crippen molar-refractivity contribution in [2.75, 3.05) is 20.2 Å². The van der Waals surface area contributed by atoms with E-state index in [-0.39, 0.29) is 12.5 Å². The molecule has 0 saturated heterocycles. The lowest BCUT2D eigenvalue weighted by molar-refractivity contribution is -0.148. The number of nitrogens with zero attached hydrogens (tertiary/aromatic N) is 1. The molecule has 0 aliphatic rings. The number of hydrogen-bond donors (Lipinski definition) is 0. The molecule has 1 rings (SSSR count). The van der Waals surface area contributed by atoms with Gasteiger partial charge in [0.25, 0.3) is 0 Å². The van der Waals surface area contributed by atoms with Gasteiger partial charge in [0.05, 0.1) is 12.5 Å². The normalized spacial score (nSPS) is 10.9. The van der Waals surface area contributed by atoms with Crippen molar-refractivity contribution in [2.45, 2.75) is 26.2 Å².